The molecule has 1 saturated heterocycles. The van der Waals surface area contributed by atoms with E-state index in [0.717, 1.165) is 19.3 Å². The van der Waals surface area contributed by atoms with E-state index in [9.17, 15) is 8.42 Å². The van der Waals surface area contributed by atoms with Crippen LogP contribution < -0.4 is 0 Å². The Morgan fingerprint density at radius 3 is 2.67 bits per heavy atom. The number of aromatic nitrogens is 2. The van der Waals surface area contributed by atoms with E-state index in [4.69, 9.17) is 4.42 Å². The fourth-order valence-electron chi connectivity index (χ4n) is 2.54. The summed E-state index contributed by atoms with van der Waals surface area (Å²) in [7, 11) is -3.14. The van der Waals surface area contributed by atoms with E-state index in [2.05, 4.69) is 31.0 Å². The van der Waals surface area contributed by atoms with Gasteiger partial charge in [0.25, 0.3) is 0 Å². The highest BCUT2D eigenvalue weighted by atomic mass is 32.2. The molecule has 6 nitrogen and oxygen atoms in total. The van der Waals surface area contributed by atoms with Crippen molar-refractivity contribution in [2.24, 2.45) is 5.41 Å². The molecule has 1 fully saturated rings. The van der Waals surface area contributed by atoms with Crippen LogP contribution in [0.25, 0.3) is 0 Å². The highest BCUT2D eigenvalue weighted by molar-refractivity contribution is 7.89. The molecule has 0 bridgehead atoms. The number of sulfonamides is 1. The quantitative estimate of drug-likeness (QED) is 0.851. The molecule has 0 spiro atoms. The Morgan fingerprint density at radius 2 is 2.05 bits per heavy atom. The number of nitrogens with zero attached hydrogens (tertiary/aromatic N) is 3. The Morgan fingerprint density at radius 1 is 1.33 bits per heavy atom. The molecule has 1 aliphatic rings. The second kappa shape index (κ2) is 6.04. The first-order valence-corrected chi connectivity index (χ1v) is 9.12. The summed E-state index contributed by atoms with van der Waals surface area (Å²) in [4.78, 5) is 0. The molecule has 2 rings (SSSR count). The summed E-state index contributed by atoms with van der Waals surface area (Å²) < 4.78 is 31.3. The first-order valence-electron chi connectivity index (χ1n) is 7.51. The van der Waals surface area contributed by atoms with Gasteiger partial charge in [-0.3, -0.25) is 0 Å². The van der Waals surface area contributed by atoms with Crippen molar-refractivity contribution in [1.82, 2.24) is 14.5 Å². The van der Waals surface area contributed by atoms with Crippen molar-refractivity contribution in [2.45, 2.75) is 52.9 Å². The van der Waals surface area contributed by atoms with Crippen molar-refractivity contribution in [1.29, 1.82) is 0 Å². The van der Waals surface area contributed by atoms with Crippen LogP contribution in [-0.2, 0) is 16.4 Å². The lowest BCUT2D eigenvalue weighted by Crippen LogP contribution is -2.39. The van der Waals surface area contributed by atoms with E-state index >= 15 is 0 Å². The molecule has 7 heteroatoms. The average Bonchev–Trinajstić information content (AvgIpc) is 2.85. The van der Waals surface area contributed by atoms with Crippen molar-refractivity contribution in [3.8, 4) is 0 Å². The van der Waals surface area contributed by atoms with Crippen LogP contribution >= 0.6 is 0 Å². The van der Waals surface area contributed by atoms with Crippen molar-refractivity contribution in [2.75, 3.05) is 18.8 Å². The van der Waals surface area contributed by atoms with Crippen molar-refractivity contribution >= 4 is 10.0 Å². The van der Waals surface area contributed by atoms with Gasteiger partial charge in [-0.15, -0.1) is 10.2 Å². The zero-order valence-corrected chi connectivity index (χ0v) is 14.1. The highest BCUT2D eigenvalue weighted by Gasteiger charge is 2.31. The third-order valence-electron chi connectivity index (χ3n) is 3.66. The molecule has 21 heavy (non-hydrogen) atoms. The fraction of sp³-hybridized carbons (Fsp3) is 0.857. The lowest BCUT2D eigenvalue weighted by Gasteiger charge is -2.29. The molecule has 1 atom stereocenters. The van der Waals surface area contributed by atoms with Gasteiger partial charge in [-0.2, -0.15) is 0 Å². The maximum Gasteiger partial charge on any atom is 0.220 e. The van der Waals surface area contributed by atoms with Gasteiger partial charge in [0.2, 0.25) is 21.8 Å². The highest BCUT2D eigenvalue weighted by Crippen LogP contribution is 2.28. The zero-order chi connectivity index (χ0) is 15.7. The van der Waals surface area contributed by atoms with Crippen LogP contribution in [0.4, 0.5) is 0 Å². The Labute approximate surface area is 127 Å². The second-order valence-electron chi connectivity index (χ2n) is 6.87. The standard InChI is InChI=1S/C14H25N3O3S/c1-5-21(18,19)17-8-6-7-11(10-17)13-16-15-12(20-13)9-14(2,3)4/h11H,5-10H2,1-4H3. The minimum Gasteiger partial charge on any atom is -0.425 e. The van der Waals surface area contributed by atoms with Gasteiger partial charge in [0, 0.05) is 19.5 Å². The van der Waals surface area contributed by atoms with Crippen LogP contribution in [0.5, 0.6) is 0 Å². The average molecular weight is 315 g/mol. The lowest BCUT2D eigenvalue weighted by molar-refractivity contribution is 0.274. The summed E-state index contributed by atoms with van der Waals surface area (Å²) in [5.41, 5.74) is 0.0912. The molecular weight excluding hydrogens is 290 g/mol. The third kappa shape index (κ3) is 4.26. The first-order chi connectivity index (χ1) is 9.71. The molecular formula is C14H25N3O3S. The first kappa shape index (κ1) is 16.4. The van der Waals surface area contributed by atoms with Crippen LogP contribution in [0, 0.1) is 5.41 Å². The molecule has 1 aromatic heterocycles. The third-order valence-corrected chi connectivity index (χ3v) is 5.50. The molecule has 0 aliphatic carbocycles. The van der Waals surface area contributed by atoms with E-state index < -0.39 is 10.0 Å². The SMILES string of the molecule is CCS(=O)(=O)N1CCCC(c2nnc(CC(C)(C)C)o2)C1. The monoisotopic (exact) mass is 315 g/mol. The van der Waals surface area contributed by atoms with Crippen LogP contribution in [0.1, 0.15) is 58.2 Å². The molecule has 120 valence electrons. The van der Waals surface area contributed by atoms with Crippen molar-refractivity contribution < 1.29 is 12.8 Å². The Kier molecular flexibility index (Phi) is 4.72. The molecule has 1 aliphatic heterocycles. The van der Waals surface area contributed by atoms with Gasteiger partial charge in [0.05, 0.1) is 11.7 Å². The van der Waals surface area contributed by atoms with Gasteiger partial charge in [-0.25, -0.2) is 12.7 Å². The van der Waals surface area contributed by atoms with Gasteiger partial charge >= 0.3 is 0 Å². The summed E-state index contributed by atoms with van der Waals surface area (Å²) in [5, 5.41) is 8.23. The fourth-order valence-corrected chi connectivity index (χ4v) is 3.72. The summed E-state index contributed by atoms with van der Waals surface area (Å²) in [5.74, 6) is 1.36. The van der Waals surface area contributed by atoms with Crippen LogP contribution in [0.2, 0.25) is 0 Å². The van der Waals surface area contributed by atoms with Gasteiger partial charge < -0.3 is 4.42 Å². The molecule has 1 unspecified atom stereocenters. The molecule has 0 amide bonds. The summed E-state index contributed by atoms with van der Waals surface area (Å²) in [6.07, 6.45) is 2.46. The Balaban J connectivity index is 2.08. The summed E-state index contributed by atoms with van der Waals surface area (Å²) >= 11 is 0. The van der Waals surface area contributed by atoms with E-state index in [1.807, 2.05) is 0 Å². The zero-order valence-electron chi connectivity index (χ0n) is 13.3. The summed E-state index contributed by atoms with van der Waals surface area (Å²) in [6.45, 7) is 9.07. The van der Waals surface area contributed by atoms with Crippen molar-refractivity contribution in [3.63, 3.8) is 0 Å². The molecule has 0 radical (unpaired) electrons. The number of hydrogen-bond acceptors (Lipinski definition) is 5. The van der Waals surface area contributed by atoms with Crippen LogP contribution in [0.15, 0.2) is 4.42 Å². The van der Waals surface area contributed by atoms with Gasteiger partial charge in [0.1, 0.15) is 0 Å². The number of rotatable bonds is 4. The largest absolute Gasteiger partial charge is 0.425 e. The van der Waals surface area contributed by atoms with E-state index in [0.29, 0.717) is 24.9 Å². The molecule has 2 heterocycles. The summed E-state index contributed by atoms with van der Waals surface area (Å²) in [6, 6.07) is 0. The predicted octanol–water partition coefficient (Wildman–Crippen LogP) is 2.19. The van der Waals surface area contributed by atoms with Gasteiger partial charge in [-0.05, 0) is 25.2 Å². The number of hydrogen-bond donors (Lipinski definition) is 0. The van der Waals surface area contributed by atoms with Gasteiger partial charge in [0.15, 0.2) is 0 Å². The molecule has 0 N–H and O–H groups in total. The van der Waals surface area contributed by atoms with E-state index in [-0.39, 0.29) is 17.1 Å². The van der Waals surface area contributed by atoms with Crippen molar-refractivity contribution in [3.05, 3.63) is 11.8 Å². The Bertz CT molecular complexity index is 575. The van der Waals surface area contributed by atoms with E-state index in [1.165, 1.54) is 0 Å². The predicted molar refractivity (Wildman–Crippen MR) is 80.5 cm³/mol. The maximum atomic E-state index is 12.0. The van der Waals surface area contributed by atoms with Crippen LogP contribution in [-0.4, -0.2) is 41.8 Å². The minimum atomic E-state index is -3.14. The molecule has 0 aromatic carbocycles. The number of piperidine rings is 1. The van der Waals surface area contributed by atoms with Gasteiger partial charge in [-0.1, -0.05) is 20.8 Å². The molecule has 1 aromatic rings. The normalized spacial score (nSPS) is 21.6. The topological polar surface area (TPSA) is 76.3 Å². The van der Waals surface area contributed by atoms with E-state index in [1.54, 1.807) is 11.2 Å². The lowest BCUT2D eigenvalue weighted by atomic mass is 9.92. The van der Waals surface area contributed by atoms with Crippen LogP contribution in [0.3, 0.4) is 0 Å². The minimum absolute atomic E-state index is 0.0151. The maximum absolute atomic E-state index is 12.0. The Hall–Kier alpha value is -0.950. The molecule has 0 saturated carbocycles. The second-order valence-corrected chi connectivity index (χ2v) is 9.13. The smallest absolute Gasteiger partial charge is 0.220 e.